The summed E-state index contributed by atoms with van der Waals surface area (Å²) in [6.07, 6.45) is 0.853. The average Bonchev–Trinajstić information content (AvgIpc) is 3.15. The van der Waals surface area contributed by atoms with Gasteiger partial charge in [-0.3, -0.25) is 9.36 Å². The number of benzene rings is 2. The molecule has 4 nitrogen and oxygen atoms in total. The first-order valence-corrected chi connectivity index (χ1v) is 10.7. The number of methoxy groups -OCH3 is 1. The van der Waals surface area contributed by atoms with Crippen LogP contribution >= 0.6 is 23.5 Å². The van der Waals surface area contributed by atoms with Gasteiger partial charge in [-0.25, -0.2) is 4.98 Å². The Labute approximate surface area is 167 Å². The standard InChI is InChI=1S/C21H20N2O2S2/c1-14-5-3-6-15(11-14)13-27-21-22-18-9-10-26-19(18)20(24)23(21)16-7-4-8-17(12-16)25-2/h3-8,11-12H,9-10,13H2,1-2H3. The van der Waals surface area contributed by atoms with Crippen LogP contribution in [0.1, 0.15) is 16.8 Å². The zero-order valence-electron chi connectivity index (χ0n) is 15.3. The molecule has 0 unspecified atom stereocenters. The van der Waals surface area contributed by atoms with E-state index in [1.54, 1.807) is 35.2 Å². The highest BCUT2D eigenvalue weighted by atomic mass is 32.2. The Balaban J connectivity index is 1.77. The van der Waals surface area contributed by atoms with Crippen molar-refractivity contribution in [3.63, 3.8) is 0 Å². The fourth-order valence-electron chi connectivity index (χ4n) is 3.12. The summed E-state index contributed by atoms with van der Waals surface area (Å²) in [7, 11) is 1.63. The minimum absolute atomic E-state index is 0.0162. The molecule has 0 saturated carbocycles. The molecule has 0 spiro atoms. The highest BCUT2D eigenvalue weighted by molar-refractivity contribution is 7.99. The van der Waals surface area contributed by atoms with Gasteiger partial charge in [0, 0.05) is 24.0 Å². The molecular weight excluding hydrogens is 376 g/mol. The smallest absolute Gasteiger partial charge is 0.272 e. The second-order valence-corrected chi connectivity index (χ2v) is 8.44. The van der Waals surface area contributed by atoms with Gasteiger partial charge >= 0.3 is 0 Å². The summed E-state index contributed by atoms with van der Waals surface area (Å²) in [4.78, 5) is 18.8. The van der Waals surface area contributed by atoms with Crippen LogP contribution in [0.4, 0.5) is 0 Å². The second-order valence-electron chi connectivity index (χ2n) is 6.39. The van der Waals surface area contributed by atoms with Crippen LogP contribution in [0.2, 0.25) is 0 Å². The largest absolute Gasteiger partial charge is 0.497 e. The molecule has 0 amide bonds. The number of ether oxygens (including phenoxy) is 1. The maximum atomic E-state index is 13.2. The molecule has 0 saturated heterocycles. The van der Waals surface area contributed by atoms with E-state index in [-0.39, 0.29) is 5.56 Å². The number of nitrogens with zero attached hydrogens (tertiary/aromatic N) is 2. The monoisotopic (exact) mass is 396 g/mol. The zero-order valence-corrected chi connectivity index (χ0v) is 16.9. The quantitative estimate of drug-likeness (QED) is 0.470. The molecule has 0 atom stereocenters. The Kier molecular flexibility index (Phi) is 5.27. The SMILES string of the molecule is COc1cccc(-n2c(SCc3cccc(C)c3)nc3c(c2=O)SCC3)c1. The maximum absolute atomic E-state index is 13.2. The molecule has 1 aliphatic rings. The van der Waals surface area contributed by atoms with Gasteiger partial charge in [0.15, 0.2) is 5.16 Å². The summed E-state index contributed by atoms with van der Waals surface area (Å²) in [6.45, 7) is 2.09. The zero-order chi connectivity index (χ0) is 18.8. The molecule has 0 radical (unpaired) electrons. The first kappa shape index (κ1) is 18.2. The second kappa shape index (κ2) is 7.82. The van der Waals surface area contributed by atoms with Crippen LogP contribution in [0.25, 0.3) is 5.69 Å². The van der Waals surface area contributed by atoms with E-state index < -0.39 is 0 Å². The highest BCUT2D eigenvalue weighted by Crippen LogP contribution is 2.31. The molecule has 138 valence electrons. The summed E-state index contributed by atoms with van der Waals surface area (Å²) in [5.74, 6) is 2.41. The normalized spacial score (nSPS) is 12.8. The van der Waals surface area contributed by atoms with Gasteiger partial charge in [0.1, 0.15) is 5.75 Å². The van der Waals surface area contributed by atoms with Gasteiger partial charge in [0.25, 0.3) is 5.56 Å². The minimum atomic E-state index is 0.0162. The molecule has 2 heterocycles. The third kappa shape index (κ3) is 3.77. The third-order valence-corrected chi connectivity index (χ3v) is 6.55. The van der Waals surface area contributed by atoms with Crippen molar-refractivity contribution in [3.05, 3.63) is 75.7 Å². The van der Waals surface area contributed by atoms with Crippen molar-refractivity contribution in [2.75, 3.05) is 12.9 Å². The van der Waals surface area contributed by atoms with E-state index in [9.17, 15) is 4.79 Å². The molecule has 0 bridgehead atoms. The van der Waals surface area contributed by atoms with Gasteiger partial charge in [-0.15, -0.1) is 11.8 Å². The number of aryl methyl sites for hydroxylation is 2. The molecule has 6 heteroatoms. The molecule has 0 N–H and O–H groups in total. The van der Waals surface area contributed by atoms with Crippen molar-refractivity contribution in [3.8, 4) is 11.4 Å². The molecule has 0 fully saturated rings. The highest BCUT2D eigenvalue weighted by Gasteiger charge is 2.22. The van der Waals surface area contributed by atoms with Crippen molar-refractivity contribution in [2.24, 2.45) is 0 Å². The average molecular weight is 397 g/mol. The predicted octanol–water partition coefficient (Wildman–Crippen LogP) is 4.49. The molecular formula is C21H20N2O2S2. The molecule has 2 aromatic carbocycles. The van der Waals surface area contributed by atoms with E-state index in [1.165, 1.54) is 11.1 Å². The van der Waals surface area contributed by atoms with E-state index in [0.29, 0.717) is 0 Å². The molecule has 1 aromatic heterocycles. The lowest BCUT2D eigenvalue weighted by molar-refractivity contribution is 0.414. The Morgan fingerprint density at radius 3 is 2.89 bits per heavy atom. The van der Waals surface area contributed by atoms with Gasteiger partial charge in [0.05, 0.1) is 23.4 Å². The number of fused-ring (bicyclic) bond motifs is 1. The van der Waals surface area contributed by atoms with Crippen LogP contribution in [-0.2, 0) is 12.2 Å². The van der Waals surface area contributed by atoms with Crippen LogP contribution in [0.3, 0.4) is 0 Å². The lowest BCUT2D eigenvalue weighted by Gasteiger charge is -2.14. The fraction of sp³-hybridized carbons (Fsp3) is 0.238. The summed E-state index contributed by atoms with van der Waals surface area (Å²) in [6, 6.07) is 16.0. The van der Waals surface area contributed by atoms with E-state index in [1.807, 2.05) is 24.3 Å². The van der Waals surface area contributed by atoms with Crippen LogP contribution in [-0.4, -0.2) is 22.4 Å². The first-order chi connectivity index (χ1) is 13.2. The Morgan fingerprint density at radius 1 is 1.22 bits per heavy atom. The Bertz CT molecular complexity index is 1050. The van der Waals surface area contributed by atoms with Crippen LogP contribution in [0, 0.1) is 6.92 Å². The van der Waals surface area contributed by atoms with Crippen molar-refractivity contribution < 1.29 is 4.74 Å². The van der Waals surface area contributed by atoms with Gasteiger partial charge in [-0.2, -0.15) is 0 Å². The fourth-order valence-corrected chi connectivity index (χ4v) is 5.11. The summed E-state index contributed by atoms with van der Waals surface area (Å²) in [5, 5.41) is 0.732. The molecule has 3 aromatic rings. The minimum Gasteiger partial charge on any atom is -0.497 e. The Hall–Kier alpha value is -2.18. The van der Waals surface area contributed by atoms with Gasteiger partial charge in [0.2, 0.25) is 0 Å². The number of thioether (sulfide) groups is 2. The van der Waals surface area contributed by atoms with Crippen molar-refractivity contribution in [1.29, 1.82) is 0 Å². The van der Waals surface area contributed by atoms with Crippen molar-refractivity contribution >= 4 is 23.5 Å². The summed E-state index contributed by atoms with van der Waals surface area (Å²) < 4.78 is 7.07. The molecule has 0 aliphatic carbocycles. The van der Waals surface area contributed by atoms with Crippen LogP contribution < -0.4 is 10.3 Å². The van der Waals surface area contributed by atoms with E-state index in [4.69, 9.17) is 9.72 Å². The topological polar surface area (TPSA) is 44.1 Å². The number of aromatic nitrogens is 2. The van der Waals surface area contributed by atoms with Crippen LogP contribution in [0.15, 0.2) is 63.4 Å². The van der Waals surface area contributed by atoms with Crippen molar-refractivity contribution in [1.82, 2.24) is 9.55 Å². The molecule has 4 rings (SSSR count). The Morgan fingerprint density at radius 2 is 2.07 bits per heavy atom. The van der Waals surface area contributed by atoms with E-state index >= 15 is 0 Å². The number of hydrogen-bond donors (Lipinski definition) is 0. The number of hydrogen-bond acceptors (Lipinski definition) is 5. The summed E-state index contributed by atoms with van der Waals surface area (Å²) >= 11 is 3.20. The van der Waals surface area contributed by atoms with E-state index in [0.717, 1.165) is 45.1 Å². The van der Waals surface area contributed by atoms with Gasteiger partial charge < -0.3 is 4.74 Å². The predicted molar refractivity (Wildman–Crippen MR) is 112 cm³/mol. The van der Waals surface area contributed by atoms with E-state index in [2.05, 4.69) is 31.2 Å². The third-order valence-electron chi connectivity index (χ3n) is 4.43. The number of rotatable bonds is 5. The first-order valence-electron chi connectivity index (χ1n) is 8.77. The van der Waals surface area contributed by atoms with Crippen LogP contribution in [0.5, 0.6) is 5.75 Å². The van der Waals surface area contributed by atoms with Gasteiger partial charge in [-0.05, 0) is 24.6 Å². The van der Waals surface area contributed by atoms with Crippen molar-refractivity contribution in [2.45, 2.75) is 29.1 Å². The lowest BCUT2D eigenvalue weighted by Crippen LogP contribution is -2.23. The maximum Gasteiger partial charge on any atom is 0.272 e. The lowest BCUT2D eigenvalue weighted by atomic mass is 10.2. The molecule has 1 aliphatic heterocycles. The molecule has 27 heavy (non-hydrogen) atoms. The van der Waals surface area contributed by atoms with Gasteiger partial charge in [-0.1, -0.05) is 47.7 Å². The summed E-state index contributed by atoms with van der Waals surface area (Å²) in [5.41, 5.74) is 4.19.